The van der Waals surface area contributed by atoms with Crippen LogP contribution in [0.5, 0.6) is 5.75 Å². The number of amides is 2. The molecule has 4 rings (SSSR count). The van der Waals surface area contributed by atoms with Gasteiger partial charge in [0.05, 0.1) is 10.6 Å². The number of nitrogens with zero attached hydrogens (tertiary/aromatic N) is 1. The first-order chi connectivity index (χ1) is 19.8. The maximum atomic E-state index is 13.4. The molecule has 2 amide bonds. The maximum Gasteiger partial charge on any atom is 0.264 e. The average Bonchev–Trinajstić information content (AvgIpc) is 2.97. The van der Waals surface area contributed by atoms with E-state index < -0.39 is 21.6 Å². The molecule has 0 bridgehead atoms. The number of nitrogens with one attached hydrogen (secondary N) is 2. The highest BCUT2D eigenvalue weighted by Crippen LogP contribution is 2.25. The summed E-state index contributed by atoms with van der Waals surface area (Å²) in [5.74, 6) is -0.813. The highest BCUT2D eigenvalue weighted by Gasteiger charge is 2.21. The molecule has 0 saturated carbocycles. The molecule has 0 atom stereocenters. The van der Waals surface area contributed by atoms with Gasteiger partial charge in [0.25, 0.3) is 11.8 Å². The Morgan fingerprint density at radius 3 is 2.44 bits per heavy atom. The number of para-hydroxylation sites is 1. The highest BCUT2D eigenvalue weighted by atomic mass is 32.2. The molecule has 8 nitrogen and oxygen atoms in total. The van der Waals surface area contributed by atoms with Crippen LogP contribution in [0, 0.1) is 5.82 Å². The summed E-state index contributed by atoms with van der Waals surface area (Å²) in [6.45, 7) is 1.62. The SMILES string of the molecule is O=C(NCCS(=O)(=O)c1ccc(F)cc1)c1ccc2c(c1)CNCCCCCCCN2C(=O)COc1ccccc1. The van der Waals surface area contributed by atoms with Crippen molar-refractivity contribution in [2.24, 2.45) is 0 Å². The molecular formula is C31H36FN3O5S. The molecule has 3 aromatic rings. The van der Waals surface area contributed by atoms with Crippen molar-refractivity contribution in [2.45, 2.75) is 43.5 Å². The summed E-state index contributed by atoms with van der Waals surface area (Å²) in [5.41, 5.74) is 1.88. The zero-order valence-electron chi connectivity index (χ0n) is 23.0. The van der Waals surface area contributed by atoms with Gasteiger partial charge in [0.2, 0.25) is 0 Å². The van der Waals surface area contributed by atoms with Gasteiger partial charge in [-0.05, 0) is 79.5 Å². The predicted octanol–water partition coefficient (Wildman–Crippen LogP) is 4.50. The molecule has 1 aliphatic heterocycles. The lowest BCUT2D eigenvalue weighted by Crippen LogP contribution is -2.37. The van der Waals surface area contributed by atoms with E-state index in [-0.39, 0.29) is 29.7 Å². The van der Waals surface area contributed by atoms with Crippen LogP contribution in [0.3, 0.4) is 0 Å². The van der Waals surface area contributed by atoms with Crippen molar-refractivity contribution >= 4 is 27.3 Å². The van der Waals surface area contributed by atoms with Crippen molar-refractivity contribution in [3.8, 4) is 5.75 Å². The van der Waals surface area contributed by atoms with E-state index in [9.17, 15) is 22.4 Å². The predicted molar refractivity (Wildman–Crippen MR) is 156 cm³/mol. The molecule has 1 heterocycles. The monoisotopic (exact) mass is 581 g/mol. The Labute approximate surface area is 240 Å². The number of sulfone groups is 1. The Balaban J connectivity index is 1.48. The van der Waals surface area contributed by atoms with Crippen molar-refractivity contribution in [1.29, 1.82) is 0 Å². The molecule has 1 aliphatic rings. The van der Waals surface area contributed by atoms with Gasteiger partial charge in [-0.25, -0.2) is 12.8 Å². The summed E-state index contributed by atoms with van der Waals surface area (Å²) < 4.78 is 44.0. The standard InChI is InChI=1S/C31H36FN3O5S/c32-26-12-14-28(15-13-26)41(38,39)20-18-34-31(37)24-11-16-29-25(21-24)22-33-17-7-2-1-3-8-19-35(29)30(36)23-40-27-9-5-4-6-10-27/h4-6,9-16,21,33H,1-3,7-8,17-20,22-23H2,(H,34,37). The second-order valence-electron chi connectivity index (χ2n) is 9.96. The third-order valence-electron chi connectivity index (χ3n) is 6.92. The summed E-state index contributed by atoms with van der Waals surface area (Å²) in [6.07, 6.45) is 5.13. The van der Waals surface area contributed by atoms with Crippen LogP contribution >= 0.6 is 0 Å². The average molecular weight is 582 g/mol. The minimum absolute atomic E-state index is 0.0000217. The van der Waals surface area contributed by atoms with Crippen molar-refractivity contribution in [1.82, 2.24) is 10.6 Å². The highest BCUT2D eigenvalue weighted by molar-refractivity contribution is 7.91. The molecule has 0 unspecified atom stereocenters. The number of hydrogen-bond donors (Lipinski definition) is 2. The molecule has 0 aliphatic carbocycles. The normalized spacial score (nSPS) is 14.7. The Morgan fingerprint density at radius 1 is 0.927 bits per heavy atom. The summed E-state index contributed by atoms with van der Waals surface area (Å²) in [5, 5.41) is 6.09. The Hall–Kier alpha value is -3.76. The van der Waals surface area contributed by atoms with E-state index in [0.717, 1.165) is 62.0 Å². The van der Waals surface area contributed by atoms with Gasteiger partial charge in [-0.1, -0.05) is 37.5 Å². The van der Waals surface area contributed by atoms with Crippen LogP contribution in [0.1, 0.15) is 48.0 Å². The van der Waals surface area contributed by atoms with Gasteiger partial charge in [0.15, 0.2) is 16.4 Å². The fourth-order valence-electron chi connectivity index (χ4n) is 4.68. The smallest absolute Gasteiger partial charge is 0.264 e. The van der Waals surface area contributed by atoms with Crippen LogP contribution in [0.25, 0.3) is 0 Å². The number of carbonyl (C=O) groups excluding carboxylic acids is 2. The number of rotatable bonds is 8. The van der Waals surface area contributed by atoms with E-state index in [1.165, 1.54) is 12.1 Å². The Bertz CT molecular complexity index is 1420. The molecule has 0 aromatic heterocycles. The molecule has 2 N–H and O–H groups in total. The molecule has 0 radical (unpaired) electrons. The van der Waals surface area contributed by atoms with Crippen LogP contribution < -0.4 is 20.3 Å². The van der Waals surface area contributed by atoms with Gasteiger partial charge < -0.3 is 20.3 Å². The number of hydrogen-bond acceptors (Lipinski definition) is 6. The van der Waals surface area contributed by atoms with E-state index >= 15 is 0 Å². The molecule has 3 aromatic carbocycles. The number of halogens is 1. The number of carbonyl (C=O) groups is 2. The van der Waals surface area contributed by atoms with Gasteiger partial charge in [-0.2, -0.15) is 0 Å². The van der Waals surface area contributed by atoms with E-state index in [1.807, 2.05) is 18.2 Å². The number of anilines is 1. The minimum Gasteiger partial charge on any atom is -0.484 e. The second kappa shape index (κ2) is 14.7. The van der Waals surface area contributed by atoms with Gasteiger partial charge in [0, 0.05) is 30.9 Å². The van der Waals surface area contributed by atoms with Crippen molar-refractivity contribution in [3.63, 3.8) is 0 Å². The van der Waals surface area contributed by atoms with E-state index in [1.54, 1.807) is 35.2 Å². The molecule has 218 valence electrons. The third-order valence-corrected chi connectivity index (χ3v) is 8.65. The number of benzene rings is 3. The Kier molecular flexibility index (Phi) is 10.9. The van der Waals surface area contributed by atoms with Gasteiger partial charge in [-0.15, -0.1) is 0 Å². The van der Waals surface area contributed by atoms with Gasteiger partial charge in [0.1, 0.15) is 11.6 Å². The summed E-state index contributed by atoms with van der Waals surface area (Å²) in [6, 6.07) is 18.9. The van der Waals surface area contributed by atoms with Gasteiger partial charge in [-0.3, -0.25) is 9.59 Å². The second-order valence-corrected chi connectivity index (χ2v) is 12.1. The topological polar surface area (TPSA) is 105 Å². The lowest BCUT2D eigenvalue weighted by atomic mass is 10.0. The molecule has 10 heteroatoms. The number of ether oxygens (including phenoxy) is 1. The van der Waals surface area contributed by atoms with Crippen LogP contribution in [0.4, 0.5) is 10.1 Å². The lowest BCUT2D eigenvalue weighted by molar-refractivity contribution is -0.120. The van der Waals surface area contributed by atoms with Crippen LogP contribution in [0.15, 0.2) is 77.7 Å². The number of fused-ring (bicyclic) bond motifs is 1. The minimum atomic E-state index is -3.68. The van der Waals surface area contributed by atoms with Crippen molar-refractivity contribution in [3.05, 3.63) is 89.7 Å². The van der Waals surface area contributed by atoms with Crippen LogP contribution in [-0.4, -0.2) is 52.2 Å². The molecule has 0 spiro atoms. The first kappa shape index (κ1) is 30.2. The van der Waals surface area contributed by atoms with E-state index in [4.69, 9.17) is 4.74 Å². The van der Waals surface area contributed by atoms with Crippen molar-refractivity contribution < 1.29 is 27.1 Å². The summed E-state index contributed by atoms with van der Waals surface area (Å²) >= 11 is 0. The Morgan fingerprint density at radius 2 is 1.66 bits per heavy atom. The van der Waals surface area contributed by atoms with E-state index in [2.05, 4.69) is 10.6 Å². The molecule has 41 heavy (non-hydrogen) atoms. The molecule has 0 fully saturated rings. The fourth-order valence-corrected chi connectivity index (χ4v) is 5.84. The largest absolute Gasteiger partial charge is 0.484 e. The summed E-state index contributed by atoms with van der Waals surface area (Å²) in [7, 11) is -3.68. The first-order valence-electron chi connectivity index (χ1n) is 13.9. The fraction of sp³-hybridized carbons (Fsp3) is 0.355. The van der Waals surface area contributed by atoms with Crippen LogP contribution in [-0.2, 0) is 21.2 Å². The van der Waals surface area contributed by atoms with Crippen molar-refractivity contribution in [2.75, 3.05) is 36.9 Å². The maximum absolute atomic E-state index is 13.4. The third kappa shape index (κ3) is 8.86. The first-order valence-corrected chi connectivity index (χ1v) is 15.6. The zero-order valence-corrected chi connectivity index (χ0v) is 23.8. The zero-order chi connectivity index (χ0) is 29.1. The molecular weight excluding hydrogens is 545 g/mol. The molecule has 0 saturated heterocycles. The summed E-state index contributed by atoms with van der Waals surface area (Å²) in [4.78, 5) is 28.1. The van der Waals surface area contributed by atoms with Gasteiger partial charge >= 0.3 is 0 Å². The quantitative estimate of drug-likeness (QED) is 0.380. The van der Waals surface area contributed by atoms with E-state index in [0.29, 0.717) is 24.4 Å². The van der Waals surface area contributed by atoms with Crippen LogP contribution in [0.2, 0.25) is 0 Å². The lowest BCUT2D eigenvalue weighted by Gasteiger charge is -2.26.